The second kappa shape index (κ2) is 6.05. The van der Waals surface area contributed by atoms with Gasteiger partial charge in [0.25, 0.3) is 0 Å². The normalized spacial score (nSPS) is 53.5. The molecule has 0 aliphatic heterocycles. The predicted octanol–water partition coefficient (Wildman–Crippen LogP) is 3.96. The van der Waals surface area contributed by atoms with Gasteiger partial charge in [0.2, 0.25) is 0 Å². The van der Waals surface area contributed by atoms with Crippen molar-refractivity contribution in [1.82, 2.24) is 0 Å². The van der Waals surface area contributed by atoms with Crippen molar-refractivity contribution in [2.45, 2.75) is 90.8 Å². The molecule has 0 aromatic carbocycles. The van der Waals surface area contributed by atoms with Crippen molar-refractivity contribution < 1.29 is 15.0 Å². The van der Waals surface area contributed by atoms with E-state index in [0.29, 0.717) is 34.9 Å². The minimum absolute atomic E-state index is 0.0966. The van der Waals surface area contributed by atoms with Crippen LogP contribution in [0.5, 0.6) is 0 Å². The fourth-order valence-corrected chi connectivity index (χ4v) is 8.32. The van der Waals surface area contributed by atoms with Crippen LogP contribution in [0, 0.1) is 40.4 Å². The van der Waals surface area contributed by atoms with Gasteiger partial charge in [-0.1, -0.05) is 6.92 Å². The van der Waals surface area contributed by atoms with E-state index in [1.165, 1.54) is 12.8 Å². The summed E-state index contributed by atoms with van der Waals surface area (Å²) in [5, 5.41) is 20.5. The van der Waals surface area contributed by atoms with E-state index < -0.39 is 0 Å². The quantitative estimate of drug-likeness (QED) is 0.794. The van der Waals surface area contributed by atoms with Gasteiger partial charge in [-0.3, -0.25) is 4.79 Å². The molecule has 25 heavy (non-hydrogen) atoms. The van der Waals surface area contributed by atoms with Crippen LogP contribution in [0.3, 0.4) is 0 Å². The largest absolute Gasteiger partial charge is 0.393 e. The zero-order valence-electron chi connectivity index (χ0n) is 16.2. The summed E-state index contributed by atoms with van der Waals surface area (Å²) in [7, 11) is 0. The highest BCUT2D eigenvalue weighted by molar-refractivity contribution is 5.83. The number of hydrogen-bond acceptors (Lipinski definition) is 3. The highest BCUT2D eigenvalue weighted by Crippen LogP contribution is 2.68. The van der Waals surface area contributed by atoms with Gasteiger partial charge in [0, 0.05) is 5.41 Å². The highest BCUT2D eigenvalue weighted by atomic mass is 16.3. The maximum atomic E-state index is 12.9. The van der Waals surface area contributed by atoms with Gasteiger partial charge in [0.15, 0.2) is 0 Å². The first-order valence-corrected chi connectivity index (χ1v) is 10.7. The van der Waals surface area contributed by atoms with Gasteiger partial charge in [0.1, 0.15) is 5.78 Å². The molecule has 0 amide bonds. The molecule has 0 aromatic rings. The monoisotopic (exact) mass is 348 g/mol. The molecule has 142 valence electrons. The van der Waals surface area contributed by atoms with Crippen LogP contribution in [0.4, 0.5) is 0 Å². The lowest BCUT2D eigenvalue weighted by Crippen LogP contribution is -2.56. The molecule has 4 saturated carbocycles. The lowest BCUT2D eigenvalue weighted by molar-refractivity contribution is -0.158. The third-order valence-corrected chi connectivity index (χ3v) is 9.45. The molecule has 0 bridgehead atoms. The molecule has 0 heterocycles. The molecule has 4 aliphatic rings. The maximum Gasteiger partial charge on any atom is 0.136 e. The Hall–Kier alpha value is -0.410. The molecule has 3 heteroatoms. The van der Waals surface area contributed by atoms with Crippen molar-refractivity contribution in [2.75, 3.05) is 0 Å². The van der Waals surface area contributed by atoms with E-state index in [0.717, 1.165) is 44.9 Å². The van der Waals surface area contributed by atoms with Crippen LogP contribution in [-0.4, -0.2) is 28.2 Å². The van der Waals surface area contributed by atoms with Crippen LogP contribution < -0.4 is 0 Å². The zero-order valence-corrected chi connectivity index (χ0v) is 16.2. The van der Waals surface area contributed by atoms with E-state index in [1.54, 1.807) is 6.92 Å². The SMILES string of the molecule is CC(=O)[C@]12CC[C@H]3[C@@H](CC[C@H]4C[C@H](O)CC[C@@]43C)[C@@H]1CC[C@@H]2[C@@H](C)O. The number of carbonyl (C=O) groups excluding carboxylic acids is 1. The van der Waals surface area contributed by atoms with Crippen LogP contribution in [0.15, 0.2) is 0 Å². The predicted molar refractivity (Wildman–Crippen MR) is 97.9 cm³/mol. The summed E-state index contributed by atoms with van der Waals surface area (Å²) in [6.07, 6.45) is 9.34. The summed E-state index contributed by atoms with van der Waals surface area (Å²) in [6.45, 7) is 6.17. The number of hydrogen-bond donors (Lipinski definition) is 2. The Kier molecular flexibility index (Phi) is 4.35. The molecule has 2 N–H and O–H groups in total. The van der Waals surface area contributed by atoms with E-state index in [1.807, 2.05) is 6.92 Å². The summed E-state index contributed by atoms with van der Waals surface area (Å²) < 4.78 is 0. The van der Waals surface area contributed by atoms with Crippen molar-refractivity contribution >= 4 is 5.78 Å². The second-order valence-electron chi connectivity index (χ2n) is 10.1. The van der Waals surface area contributed by atoms with E-state index in [-0.39, 0.29) is 23.5 Å². The van der Waals surface area contributed by atoms with E-state index in [2.05, 4.69) is 6.92 Å². The van der Waals surface area contributed by atoms with Gasteiger partial charge in [-0.25, -0.2) is 0 Å². The van der Waals surface area contributed by atoms with Crippen LogP contribution >= 0.6 is 0 Å². The molecule has 0 unspecified atom stereocenters. The first-order chi connectivity index (χ1) is 11.8. The number of aliphatic hydroxyl groups excluding tert-OH is 2. The van der Waals surface area contributed by atoms with Crippen molar-refractivity contribution in [2.24, 2.45) is 40.4 Å². The van der Waals surface area contributed by atoms with E-state index in [4.69, 9.17) is 0 Å². The van der Waals surface area contributed by atoms with Crippen molar-refractivity contribution in [3.05, 3.63) is 0 Å². The summed E-state index contributed by atoms with van der Waals surface area (Å²) in [5.74, 6) is 3.01. The van der Waals surface area contributed by atoms with Gasteiger partial charge >= 0.3 is 0 Å². The number of aliphatic hydroxyl groups is 2. The third kappa shape index (κ3) is 2.41. The van der Waals surface area contributed by atoms with Gasteiger partial charge in [-0.15, -0.1) is 0 Å². The molecule has 9 atom stereocenters. The van der Waals surface area contributed by atoms with Crippen molar-refractivity contribution in [3.63, 3.8) is 0 Å². The smallest absolute Gasteiger partial charge is 0.136 e. The maximum absolute atomic E-state index is 12.9. The van der Waals surface area contributed by atoms with Gasteiger partial charge in [-0.05, 0) is 107 Å². The minimum Gasteiger partial charge on any atom is -0.393 e. The highest BCUT2D eigenvalue weighted by Gasteiger charge is 2.63. The van der Waals surface area contributed by atoms with E-state index >= 15 is 0 Å². The summed E-state index contributed by atoms with van der Waals surface area (Å²) in [4.78, 5) is 12.9. The van der Waals surface area contributed by atoms with Gasteiger partial charge in [0.05, 0.1) is 12.2 Å². The number of Topliss-reactive ketones (excluding diaryl/α,β-unsaturated/α-hetero) is 1. The van der Waals surface area contributed by atoms with Crippen LogP contribution in [0.1, 0.15) is 78.6 Å². The topological polar surface area (TPSA) is 57.5 Å². The molecule has 0 radical (unpaired) electrons. The Labute approximate surface area is 152 Å². The average Bonchev–Trinajstić information content (AvgIpc) is 2.96. The molecule has 3 nitrogen and oxygen atoms in total. The standard InChI is InChI=1S/C22H36O3/c1-13(23)18-6-7-20-17-5-4-15-12-16(25)8-10-21(15,3)19(17)9-11-22(18,20)14(2)24/h13,15-20,23,25H,4-12H2,1-3H3/t13-,15+,16-,17-,18-,19+,20+,21+,22+/m1/s1. The number of rotatable bonds is 2. The molecule has 0 spiro atoms. The lowest BCUT2D eigenvalue weighted by atomic mass is 9.44. The zero-order chi connectivity index (χ0) is 18.0. The summed E-state index contributed by atoms with van der Waals surface area (Å²) in [5.41, 5.74) is 0.0979. The fourth-order valence-electron chi connectivity index (χ4n) is 8.32. The number of ketones is 1. The fraction of sp³-hybridized carbons (Fsp3) is 0.955. The first kappa shape index (κ1) is 18.0. The lowest BCUT2D eigenvalue weighted by Gasteiger charge is -2.61. The van der Waals surface area contributed by atoms with Crippen molar-refractivity contribution in [3.8, 4) is 0 Å². The first-order valence-electron chi connectivity index (χ1n) is 10.7. The Morgan fingerprint density at radius 1 is 1.04 bits per heavy atom. The van der Waals surface area contributed by atoms with Crippen molar-refractivity contribution in [1.29, 1.82) is 0 Å². The molecule has 0 saturated heterocycles. The molecule has 0 aromatic heterocycles. The second-order valence-corrected chi connectivity index (χ2v) is 10.1. The molecule has 4 aliphatic carbocycles. The number of fused-ring (bicyclic) bond motifs is 5. The van der Waals surface area contributed by atoms with Gasteiger partial charge in [-0.2, -0.15) is 0 Å². The summed E-state index contributed by atoms with van der Waals surface area (Å²) in [6, 6.07) is 0. The van der Waals surface area contributed by atoms with E-state index in [9.17, 15) is 15.0 Å². The minimum atomic E-state index is -0.373. The molecule has 4 fully saturated rings. The Morgan fingerprint density at radius 2 is 1.80 bits per heavy atom. The third-order valence-electron chi connectivity index (χ3n) is 9.45. The van der Waals surface area contributed by atoms with Crippen LogP contribution in [0.2, 0.25) is 0 Å². The van der Waals surface area contributed by atoms with Crippen LogP contribution in [-0.2, 0) is 4.79 Å². The molecule has 4 rings (SSSR count). The molecular formula is C22H36O3. The summed E-state index contributed by atoms with van der Waals surface area (Å²) >= 11 is 0. The molecular weight excluding hydrogens is 312 g/mol. The van der Waals surface area contributed by atoms with Gasteiger partial charge < -0.3 is 10.2 Å². The Balaban J connectivity index is 1.66. The Morgan fingerprint density at radius 3 is 2.48 bits per heavy atom. The van der Waals surface area contributed by atoms with Crippen LogP contribution in [0.25, 0.3) is 0 Å². The average molecular weight is 349 g/mol. The Bertz CT molecular complexity index is 543. The number of carbonyl (C=O) groups is 1.